The molecule has 2 aromatic rings. The molecule has 0 heterocycles. The molecule has 0 aliphatic heterocycles. The Hall–Kier alpha value is -3.22. The highest BCUT2D eigenvalue weighted by Gasteiger charge is 2.10. The molecule has 0 atom stereocenters. The van der Waals surface area contributed by atoms with Crippen LogP contribution in [0, 0.1) is 0 Å². The number of rotatable bonds is 5. The fourth-order valence-corrected chi connectivity index (χ4v) is 2.00. The number of methoxy groups -OCH3 is 2. The summed E-state index contributed by atoms with van der Waals surface area (Å²) in [7, 11) is 3.04. The third kappa shape index (κ3) is 4.64. The van der Waals surface area contributed by atoms with E-state index >= 15 is 0 Å². The minimum Gasteiger partial charge on any atom is -0.497 e. The summed E-state index contributed by atoms with van der Waals surface area (Å²) >= 11 is 0. The van der Waals surface area contributed by atoms with Gasteiger partial charge in [0.25, 0.3) is 0 Å². The standard InChI is InChI=1S/C17H18N2O5/c1-11(20)24-14-6-4-5-12(9-14)18-17(21)19-15-10-13(22-2)7-8-16(15)23-3/h4-10H,1-3H3,(H2,18,19,21). The summed E-state index contributed by atoms with van der Waals surface area (Å²) in [4.78, 5) is 23.1. The van der Waals surface area contributed by atoms with Crippen LogP contribution < -0.4 is 24.8 Å². The van der Waals surface area contributed by atoms with Gasteiger partial charge in [-0.15, -0.1) is 0 Å². The van der Waals surface area contributed by atoms with E-state index in [1.807, 2.05) is 0 Å². The number of hydrogen-bond donors (Lipinski definition) is 2. The van der Waals surface area contributed by atoms with Crippen LogP contribution in [-0.4, -0.2) is 26.2 Å². The van der Waals surface area contributed by atoms with Crippen LogP contribution in [0.4, 0.5) is 16.2 Å². The van der Waals surface area contributed by atoms with Crippen molar-refractivity contribution in [1.29, 1.82) is 0 Å². The summed E-state index contributed by atoms with van der Waals surface area (Å²) in [6, 6.07) is 11.1. The summed E-state index contributed by atoms with van der Waals surface area (Å²) in [5.41, 5.74) is 0.943. The van der Waals surface area contributed by atoms with Gasteiger partial charge in [-0.3, -0.25) is 4.79 Å². The second-order valence-electron chi connectivity index (χ2n) is 4.77. The first-order chi connectivity index (χ1) is 11.5. The van der Waals surface area contributed by atoms with Crippen molar-refractivity contribution in [3.63, 3.8) is 0 Å². The molecule has 0 unspecified atom stereocenters. The third-order valence-electron chi connectivity index (χ3n) is 3.01. The maximum atomic E-state index is 12.2. The first kappa shape index (κ1) is 17.1. The highest BCUT2D eigenvalue weighted by atomic mass is 16.5. The second kappa shape index (κ2) is 7.87. The van der Waals surface area contributed by atoms with Gasteiger partial charge >= 0.3 is 12.0 Å². The molecule has 0 spiro atoms. The van der Waals surface area contributed by atoms with Crippen LogP contribution in [0.25, 0.3) is 0 Å². The number of carbonyl (C=O) groups excluding carboxylic acids is 2. The molecule has 7 nitrogen and oxygen atoms in total. The summed E-state index contributed by atoms with van der Waals surface area (Å²) in [6.45, 7) is 1.31. The van der Waals surface area contributed by atoms with Crippen LogP contribution in [0.5, 0.6) is 17.2 Å². The van der Waals surface area contributed by atoms with Gasteiger partial charge < -0.3 is 24.8 Å². The van der Waals surface area contributed by atoms with Crippen molar-refractivity contribution in [2.75, 3.05) is 24.9 Å². The molecule has 0 bridgehead atoms. The van der Waals surface area contributed by atoms with Gasteiger partial charge in [0, 0.05) is 24.7 Å². The predicted molar refractivity (Wildman–Crippen MR) is 89.9 cm³/mol. The molecular formula is C17H18N2O5. The van der Waals surface area contributed by atoms with Crippen LogP contribution >= 0.6 is 0 Å². The Kier molecular flexibility index (Phi) is 5.62. The number of amides is 2. The monoisotopic (exact) mass is 330 g/mol. The average Bonchev–Trinajstić information content (AvgIpc) is 2.54. The molecule has 2 amide bonds. The number of urea groups is 1. The molecule has 2 N–H and O–H groups in total. The van der Waals surface area contributed by atoms with E-state index in [9.17, 15) is 9.59 Å². The maximum Gasteiger partial charge on any atom is 0.323 e. The minimum atomic E-state index is -0.471. The average molecular weight is 330 g/mol. The fraction of sp³-hybridized carbons (Fsp3) is 0.176. The van der Waals surface area contributed by atoms with Gasteiger partial charge in [-0.05, 0) is 24.3 Å². The molecule has 0 saturated heterocycles. The van der Waals surface area contributed by atoms with E-state index in [0.29, 0.717) is 28.6 Å². The summed E-state index contributed by atoms with van der Waals surface area (Å²) < 4.78 is 15.3. The fourth-order valence-electron chi connectivity index (χ4n) is 2.00. The number of carbonyl (C=O) groups is 2. The first-order valence-electron chi connectivity index (χ1n) is 7.10. The summed E-state index contributed by atoms with van der Waals surface area (Å²) in [5, 5.41) is 5.34. The quantitative estimate of drug-likeness (QED) is 0.649. The van der Waals surface area contributed by atoms with Crippen molar-refractivity contribution in [2.45, 2.75) is 6.92 Å². The summed E-state index contributed by atoms with van der Waals surface area (Å²) in [5.74, 6) is 1.000. The molecular weight excluding hydrogens is 312 g/mol. The van der Waals surface area contributed by atoms with E-state index in [1.165, 1.54) is 21.1 Å². The number of hydrogen-bond acceptors (Lipinski definition) is 5. The first-order valence-corrected chi connectivity index (χ1v) is 7.10. The Morgan fingerprint density at radius 3 is 2.38 bits per heavy atom. The molecule has 0 radical (unpaired) electrons. The van der Waals surface area contributed by atoms with Crippen LogP contribution in [0.3, 0.4) is 0 Å². The lowest BCUT2D eigenvalue weighted by molar-refractivity contribution is -0.131. The van der Waals surface area contributed by atoms with Crippen LogP contribution in [-0.2, 0) is 4.79 Å². The van der Waals surface area contributed by atoms with Gasteiger partial charge in [0.1, 0.15) is 17.2 Å². The Morgan fingerprint density at radius 2 is 1.71 bits per heavy atom. The lowest BCUT2D eigenvalue weighted by Crippen LogP contribution is -2.20. The largest absolute Gasteiger partial charge is 0.497 e. The number of anilines is 2. The van der Waals surface area contributed by atoms with Crippen LogP contribution in [0.1, 0.15) is 6.92 Å². The predicted octanol–water partition coefficient (Wildman–Crippen LogP) is 3.27. The molecule has 126 valence electrons. The minimum absolute atomic E-state index is 0.347. The van der Waals surface area contributed by atoms with Crippen molar-refractivity contribution in [1.82, 2.24) is 0 Å². The van der Waals surface area contributed by atoms with Gasteiger partial charge in [-0.2, -0.15) is 0 Å². The zero-order chi connectivity index (χ0) is 17.5. The van der Waals surface area contributed by atoms with Crippen molar-refractivity contribution in [3.05, 3.63) is 42.5 Å². The van der Waals surface area contributed by atoms with Crippen molar-refractivity contribution in [3.8, 4) is 17.2 Å². The number of ether oxygens (including phenoxy) is 3. The van der Waals surface area contributed by atoms with Gasteiger partial charge in [-0.25, -0.2) is 4.79 Å². The Morgan fingerprint density at radius 1 is 0.917 bits per heavy atom. The molecule has 0 aliphatic carbocycles. The highest BCUT2D eigenvalue weighted by molar-refractivity contribution is 6.01. The molecule has 24 heavy (non-hydrogen) atoms. The van der Waals surface area contributed by atoms with E-state index in [0.717, 1.165) is 0 Å². The van der Waals surface area contributed by atoms with Crippen molar-refractivity contribution in [2.24, 2.45) is 0 Å². The van der Waals surface area contributed by atoms with E-state index in [2.05, 4.69) is 10.6 Å². The number of esters is 1. The molecule has 0 fully saturated rings. The number of benzene rings is 2. The zero-order valence-corrected chi connectivity index (χ0v) is 13.6. The second-order valence-corrected chi connectivity index (χ2v) is 4.77. The van der Waals surface area contributed by atoms with Crippen LogP contribution in [0.15, 0.2) is 42.5 Å². The third-order valence-corrected chi connectivity index (χ3v) is 3.01. The van der Waals surface area contributed by atoms with E-state index in [4.69, 9.17) is 14.2 Å². The Labute approximate surface area is 139 Å². The van der Waals surface area contributed by atoms with Gasteiger partial charge in [0.05, 0.1) is 19.9 Å². The molecule has 0 aliphatic rings. The van der Waals surface area contributed by atoms with Gasteiger partial charge in [0.2, 0.25) is 0 Å². The van der Waals surface area contributed by atoms with E-state index < -0.39 is 12.0 Å². The molecule has 2 aromatic carbocycles. The molecule has 0 aromatic heterocycles. The van der Waals surface area contributed by atoms with Gasteiger partial charge in [-0.1, -0.05) is 6.07 Å². The van der Waals surface area contributed by atoms with E-state index in [-0.39, 0.29) is 0 Å². The lowest BCUT2D eigenvalue weighted by atomic mass is 10.2. The van der Waals surface area contributed by atoms with Gasteiger partial charge in [0.15, 0.2) is 0 Å². The molecule has 0 saturated carbocycles. The molecule has 2 rings (SSSR count). The lowest BCUT2D eigenvalue weighted by Gasteiger charge is -2.13. The highest BCUT2D eigenvalue weighted by Crippen LogP contribution is 2.29. The van der Waals surface area contributed by atoms with Crippen molar-refractivity contribution < 1.29 is 23.8 Å². The Balaban J connectivity index is 2.09. The van der Waals surface area contributed by atoms with E-state index in [1.54, 1.807) is 42.5 Å². The summed E-state index contributed by atoms with van der Waals surface area (Å²) in [6.07, 6.45) is 0. The normalized spacial score (nSPS) is 9.79. The van der Waals surface area contributed by atoms with Crippen molar-refractivity contribution >= 4 is 23.4 Å². The smallest absolute Gasteiger partial charge is 0.323 e. The zero-order valence-electron chi connectivity index (χ0n) is 13.6. The maximum absolute atomic E-state index is 12.2. The Bertz CT molecular complexity index is 746. The molecule has 7 heteroatoms. The SMILES string of the molecule is COc1ccc(OC)c(NC(=O)Nc2cccc(OC(C)=O)c2)c1. The number of nitrogens with one attached hydrogen (secondary N) is 2. The topological polar surface area (TPSA) is 85.9 Å². The van der Waals surface area contributed by atoms with Crippen LogP contribution in [0.2, 0.25) is 0 Å².